The normalized spacial score (nSPS) is 10.4. The highest BCUT2D eigenvalue weighted by atomic mass is 16.4. The molecule has 2 aromatic rings. The summed E-state index contributed by atoms with van der Waals surface area (Å²) in [5.41, 5.74) is 1.30. The van der Waals surface area contributed by atoms with Gasteiger partial charge in [-0.1, -0.05) is 36.4 Å². The zero-order valence-electron chi connectivity index (χ0n) is 9.59. The summed E-state index contributed by atoms with van der Waals surface area (Å²) in [7, 11) is 0. The van der Waals surface area contributed by atoms with Gasteiger partial charge in [-0.3, -0.25) is 9.59 Å². The first-order valence-electron chi connectivity index (χ1n) is 5.51. The number of rotatable bonds is 4. The average molecular weight is 244 g/mol. The van der Waals surface area contributed by atoms with Crippen LogP contribution in [-0.4, -0.2) is 22.2 Å². The Morgan fingerprint density at radius 3 is 1.67 bits per heavy atom. The minimum absolute atomic E-state index is 0.103. The van der Waals surface area contributed by atoms with E-state index in [0.717, 1.165) is 10.8 Å². The Bertz CT molecular complexity index is 565. The number of benzene rings is 2. The first-order chi connectivity index (χ1) is 8.58. The van der Waals surface area contributed by atoms with Gasteiger partial charge in [0.05, 0.1) is 12.8 Å². The molecule has 4 heteroatoms. The Morgan fingerprint density at radius 1 is 0.833 bits per heavy atom. The molecule has 92 valence electrons. The number of aliphatic carboxylic acids is 2. The lowest BCUT2D eigenvalue weighted by Crippen LogP contribution is -2.05. The van der Waals surface area contributed by atoms with E-state index in [0.29, 0.717) is 11.1 Å². The monoisotopic (exact) mass is 244 g/mol. The van der Waals surface area contributed by atoms with Crippen molar-refractivity contribution in [3.63, 3.8) is 0 Å². The largest absolute Gasteiger partial charge is 0.481 e. The third kappa shape index (κ3) is 2.48. The highest BCUT2D eigenvalue weighted by Crippen LogP contribution is 2.24. The predicted octanol–water partition coefficient (Wildman–Crippen LogP) is 2.09. The first kappa shape index (κ1) is 12.1. The lowest BCUT2D eigenvalue weighted by atomic mass is 9.96. The van der Waals surface area contributed by atoms with Gasteiger partial charge < -0.3 is 10.2 Å². The van der Waals surface area contributed by atoms with Gasteiger partial charge in [0.15, 0.2) is 0 Å². The number of carboxylic acid groups (broad SMARTS) is 2. The Hall–Kier alpha value is -2.36. The van der Waals surface area contributed by atoms with Crippen LogP contribution in [0, 0.1) is 0 Å². The topological polar surface area (TPSA) is 74.6 Å². The minimum Gasteiger partial charge on any atom is -0.481 e. The fourth-order valence-electron chi connectivity index (χ4n) is 2.12. The molecule has 0 heterocycles. The van der Waals surface area contributed by atoms with Gasteiger partial charge in [-0.05, 0) is 21.9 Å². The molecule has 0 spiro atoms. The third-order valence-corrected chi connectivity index (χ3v) is 2.76. The van der Waals surface area contributed by atoms with Crippen LogP contribution in [0.25, 0.3) is 10.8 Å². The van der Waals surface area contributed by atoms with Crippen molar-refractivity contribution in [3.8, 4) is 0 Å². The molecule has 2 rings (SSSR count). The summed E-state index contributed by atoms with van der Waals surface area (Å²) in [5, 5.41) is 19.4. The Morgan fingerprint density at radius 2 is 1.28 bits per heavy atom. The molecule has 0 aliphatic rings. The van der Waals surface area contributed by atoms with E-state index >= 15 is 0 Å². The molecule has 0 aliphatic carbocycles. The van der Waals surface area contributed by atoms with Crippen LogP contribution in [0.15, 0.2) is 36.4 Å². The molecule has 2 N–H and O–H groups in total. The first-order valence-corrected chi connectivity index (χ1v) is 5.51. The van der Waals surface area contributed by atoms with E-state index in [1.807, 2.05) is 12.1 Å². The molecule has 0 fully saturated rings. The van der Waals surface area contributed by atoms with E-state index in [2.05, 4.69) is 0 Å². The van der Waals surface area contributed by atoms with Crippen molar-refractivity contribution < 1.29 is 19.8 Å². The highest BCUT2D eigenvalue weighted by Gasteiger charge is 2.11. The van der Waals surface area contributed by atoms with Crippen LogP contribution in [0.4, 0.5) is 0 Å². The van der Waals surface area contributed by atoms with E-state index in [-0.39, 0.29) is 12.8 Å². The van der Waals surface area contributed by atoms with Crippen LogP contribution < -0.4 is 0 Å². The second-order valence-electron chi connectivity index (χ2n) is 4.07. The lowest BCUT2D eigenvalue weighted by molar-refractivity contribution is -0.137. The minimum atomic E-state index is -0.923. The van der Waals surface area contributed by atoms with Crippen LogP contribution in [-0.2, 0) is 22.4 Å². The summed E-state index contributed by atoms with van der Waals surface area (Å²) in [6.07, 6.45) is -0.206. The summed E-state index contributed by atoms with van der Waals surface area (Å²) in [5.74, 6) is -1.85. The lowest BCUT2D eigenvalue weighted by Gasteiger charge is -2.09. The summed E-state index contributed by atoms with van der Waals surface area (Å²) >= 11 is 0. The fraction of sp³-hybridized carbons (Fsp3) is 0.143. The molecular weight excluding hydrogens is 232 g/mol. The van der Waals surface area contributed by atoms with Crippen molar-refractivity contribution in [1.29, 1.82) is 0 Å². The van der Waals surface area contributed by atoms with Crippen molar-refractivity contribution in [1.82, 2.24) is 0 Å². The van der Waals surface area contributed by atoms with E-state index in [1.54, 1.807) is 24.3 Å². The van der Waals surface area contributed by atoms with Gasteiger partial charge in [-0.25, -0.2) is 0 Å². The Labute approximate surface area is 103 Å². The van der Waals surface area contributed by atoms with Crippen molar-refractivity contribution in [2.75, 3.05) is 0 Å². The number of hydrogen-bond donors (Lipinski definition) is 2. The molecule has 0 radical (unpaired) electrons. The van der Waals surface area contributed by atoms with Crippen molar-refractivity contribution in [2.45, 2.75) is 12.8 Å². The van der Waals surface area contributed by atoms with Gasteiger partial charge in [0.1, 0.15) is 0 Å². The van der Waals surface area contributed by atoms with Gasteiger partial charge in [0.2, 0.25) is 0 Å². The molecule has 2 aromatic carbocycles. The Balaban J connectivity index is 2.63. The summed E-state index contributed by atoms with van der Waals surface area (Å²) in [6, 6.07) is 10.7. The van der Waals surface area contributed by atoms with Crippen LogP contribution >= 0.6 is 0 Å². The molecule has 18 heavy (non-hydrogen) atoms. The maximum Gasteiger partial charge on any atom is 0.307 e. The molecule has 0 saturated carbocycles. The summed E-state index contributed by atoms with van der Waals surface area (Å²) in [6.45, 7) is 0. The number of fused-ring (bicyclic) bond motifs is 1. The van der Waals surface area contributed by atoms with Gasteiger partial charge in [0, 0.05) is 0 Å². The molecule has 0 bridgehead atoms. The maximum absolute atomic E-state index is 10.8. The summed E-state index contributed by atoms with van der Waals surface area (Å²) < 4.78 is 0. The van der Waals surface area contributed by atoms with E-state index < -0.39 is 11.9 Å². The van der Waals surface area contributed by atoms with Crippen LogP contribution in [0.3, 0.4) is 0 Å². The van der Waals surface area contributed by atoms with Crippen molar-refractivity contribution >= 4 is 22.7 Å². The molecular formula is C14H12O4. The van der Waals surface area contributed by atoms with Gasteiger partial charge >= 0.3 is 11.9 Å². The zero-order chi connectivity index (χ0) is 13.1. The molecule has 4 nitrogen and oxygen atoms in total. The Kier molecular flexibility index (Phi) is 3.28. The van der Waals surface area contributed by atoms with Gasteiger partial charge in [-0.2, -0.15) is 0 Å². The van der Waals surface area contributed by atoms with Crippen LogP contribution in [0.2, 0.25) is 0 Å². The summed E-state index contributed by atoms with van der Waals surface area (Å²) in [4.78, 5) is 21.7. The molecule has 0 aliphatic heterocycles. The standard InChI is InChI=1S/C14H12O4/c15-12(16)7-10-5-1-3-9-4-2-6-11(14(9)10)8-13(17)18/h1-6H,7-8H2,(H,15,16)(H,17,18). The average Bonchev–Trinajstić information content (AvgIpc) is 2.27. The van der Waals surface area contributed by atoms with Crippen molar-refractivity contribution in [2.24, 2.45) is 0 Å². The quantitative estimate of drug-likeness (QED) is 0.863. The van der Waals surface area contributed by atoms with Crippen molar-refractivity contribution in [3.05, 3.63) is 47.5 Å². The second-order valence-corrected chi connectivity index (χ2v) is 4.07. The third-order valence-electron chi connectivity index (χ3n) is 2.76. The predicted molar refractivity (Wildman–Crippen MR) is 66.6 cm³/mol. The van der Waals surface area contributed by atoms with Gasteiger partial charge in [-0.15, -0.1) is 0 Å². The smallest absolute Gasteiger partial charge is 0.307 e. The SMILES string of the molecule is O=C(O)Cc1cccc2cccc(CC(=O)O)c12. The maximum atomic E-state index is 10.8. The van der Waals surface area contributed by atoms with Crippen LogP contribution in [0.1, 0.15) is 11.1 Å². The van der Waals surface area contributed by atoms with Crippen LogP contribution in [0.5, 0.6) is 0 Å². The molecule has 0 aromatic heterocycles. The van der Waals surface area contributed by atoms with E-state index in [1.165, 1.54) is 0 Å². The number of carbonyl (C=O) groups is 2. The number of carboxylic acids is 2. The molecule has 0 unspecified atom stereocenters. The molecule has 0 atom stereocenters. The number of hydrogen-bond acceptors (Lipinski definition) is 2. The second kappa shape index (κ2) is 4.87. The fourth-order valence-corrected chi connectivity index (χ4v) is 2.12. The van der Waals surface area contributed by atoms with E-state index in [4.69, 9.17) is 10.2 Å². The molecule has 0 amide bonds. The zero-order valence-corrected chi connectivity index (χ0v) is 9.59. The van der Waals surface area contributed by atoms with E-state index in [9.17, 15) is 9.59 Å². The highest BCUT2D eigenvalue weighted by molar-refractivity contribution is 5.93. The molecule has 0 saturated heterocycles. The van der Waals surface area contributed by atoms with Gasteiger partial charge in [0.25, 0.3) is 0 Å².